The molecule has 0 radical (unpaired) electrons. The van der Waals surface area contributed by atoms with Crippen LogP contribution in [0.15, 0.2) is 24.3 Å². The topological polar surface area (TPSA) is 141 Å². The number of hydrogen-bond acceptors (Lipinski definition) is 7. The molecule has 2 aromatic rings. The van der Waals surface area contributed by atoms with Gasteiger partial charge >= 0.3 is 0 Å². The minimum Gasteiger partial charge on any atom is -0.494 e. The van der Waals surface area contributed by atoms with Crippen molar-refractivity contribution in [2.45, 2.75) is 70.9 Å². The van der Waals surface area contributed by atoms with E-state index in [2.05, 4.69) is 16.6 Å². The Labute approximate surface area is 204 Å². The van der Waals surface area contributed by atoms with Crippen molar-refractivity contribution >= 4 is 40.6 Å². The van der Waals surface area contributed by atoms with Crippen LogP contribution >= 0.6 is 11.5 Å². The summed E-state index contributed by atoms with van der Waals surface area (Å²) in [5.74, 6) is -0.900. The molecule has 1 fully saturated rings. The van der Waals surface area contributed by atoms with Gasteiger partial charge < -0.3 is 21.5 Å². The molecule has 0 unspecified atom stereocenters. The van der Waals surface area contributed by atoms with E-state index in [0.717, 1.165) is 50.1 Å². The largest absolute Gasteiger partial charge is 0.494 e. The summed E-state index contributed by atoms with van der Waals surface area (Å²) in [6.45, 7) is 4.37. The molecule has 3 amide bonds. The number of carbonyl (C=O) groups is 3. The third-order valence-corrected chi connectivity index (χ3v) is 6.83. The van der Waals surface area contributed by atoms with Crippen LogP contribution in [0.25, 0.3) is 0 Å². The molecule has 1 aliphatic carbocycles. The van der Waals surface area contributed by atoms with Crippen molar-refractivity contribution in [3.63, 3.8) is 0 Å². The van der Waals surface area contributed by atoms with Crippen molar-refractivity contribution < 1.29 is 19.1 Å². The average Bonchev–Trinajstić information content (AvgIpc) is 3.22. The molecule has 0 spiro atoms. The zero-order valence-electron chi connectivity index (χ0n) is 19.7. The zero-order valence-corrected chi connectivity index (χ0v) is 20.5. The highest BCUT2D eigenvalue weighted by molar-refractivity contribution is 7.09. The van der Waals surface area contributed by atoms with Crippen LogP contribution in [0.3, 0.4) is 0 Å². The summed E-state index contributed by atoms with van der Waals surface area (Å²) in [6.07, 6.45) is 7.16. The Bertz CT molecular complexity index is 1000. The molecule has 34 heavy (non-hydrogen) atoms. The maximum absolute atomic E-state index is 13.6. The van der Waals surface area contributed by atoms with Gasteiger partial charge in [0.25, 0.3) is 11.8 Å². The molecule has 1 aliphatic rings. The van der Waals surface area contributed by atoms with Crippen molar-refractivity contribution in [3.8, 4) is 5.75 Å². The second kappa shape index (κ2) is 11.8. The number of aromatic nitrogens is 1. The van der Waals surface area contributed by atoms with Crippen LogP contribution in [0.2, 0.25) is 0 Å². The Morgan fingerprint density at radius 2 is 1.88 bits per heavy atom. The summed E-state index contributed by atoms with van der Waals surface area (Å²) < 4.78 is 9.66. The van der Waals surface area contributed by atoms with E-state index in [-0.39, 0.29) is 28.2 Å². The van der Waals surface area contributed by atoms with E-state index in [1.54, 1.807) is 31.2 Å². The Kier molecular flexibility index (Phi) is 8.86. The predicted octanol–water partition coefficient (Wildman–Crippen LogP) is 3.49. The van der Waals surface area contributed by atoms with Gasteiger partial charge in [-0.1, -0.05) is 32.6 Å². The predicted molar refractivity (Wildman–Crippen MR) is 133 cm³/mol. The van der Waals surface area contributed by atoms with Gasteiger partial charge in [0.05, 0.1) is 12.3 Å². The molecule has 0 bridgehead atoms. The summed E-state index contributed by atoms with van der Waals surface area (Å²) in [5, 5.41) is 3.08. The third-order valence-electron chi connectivity index (χ3n) is 5.97. The minimum atomic E-state index is -0.820. The van der Waals surface area contributed by atoms with E-state index in [1.165, 1.54) is 11.3 Å². The fraction of sp³-hybridized carbons (Fsp3) is 0.500. The molecule has 3 rings (SSSR count). The quantitative estimate of drug-likeness (QED) is 0.438. The fourth-order valence-electron chi connectivity index (χ4n) is 3.98. The lowest BCUT2D eigenvalue weighted by Crippen LogP contribution is -2.51. The monoisotopic (exact) mass is 487 g/mol. The number of carbonyl (C=O) groups excluding carboxylic acids is 3. The van der Waals surface area contributed by atoms with E-state index in [1.807, 2.05) is 0 Å². The number of primary amides is 1. The molecule has 1 atom stereocenters. The number of amides is 3. The number of benzene rings is 1. The molecule has 1 aromatic carbocycles. The molecule has 184 valence electrons. The molecule has 5 N–H and O–H groups in total. The van der Waals surface area contributed by atoms with E-state index in [0.29, 0.717) is 18.0 Å². The zero-order chi connectivity index (χ0) is 24.7. The SMILES string of the molecule is CCCCOc1ccc(N(C(=O)c2snc(C(N)=O)c2N)[C@H](C)C(=O)NC2CCCCC2)cc1. The Morgan fingerprint density at radius 1 is 1.21 bits per heavy atom. The summed E-state index contributed by atoms with van der Waals surface area (Å²) in [7, 11) is 0. The summed E-state index contributed by atoms with van der Waals surface area (Å²) in [5.41, 5.74) is 11.6. The Hall–Kier alpha value is -3.14. The van der Waals surface area contributed by atoms with Gasteiger partial charge in [-0.05, 0) is 62.0 Å². The molecule has 1 saturated carbocycles. The maximum Gasteiger partial charge on any atom is 0.272 e. The summed E-state index contributed by atoms with van der Waals surface area (Å²) in [4.78, 5) is 39.8. The first-order valence-corrected chi connectivity index (χ1v) is 12.5. The highest BCUT2D eigenvalue weighted by atomic mass is 32.1. The highest BCUT2D eigenvalue weighted by Gasteiger charge is 2.33. The number of unbranched alkanes of at least 4 members (excludes halogenated alkanes) is 1. The minimum absolute atomic E-state index is 0.0642. The number of rotatable bonds is 10. The van der Waals surface area contributed by atoms with Crippen molar-refractivity contribution in [1.82, 2.24) is 9.69 Å². The van der Waals surface area contributed by atoms with Crippen molar-refractivity contribution in [2.75, 3.05) is 17.2 Å². The number of nitrogens with zero attached hydrogens (tertiary/aromatic N) is 2. The molecular weight excluding hydrogens is 454 g/mol. The maximum atomic E-state index is 13.6. The second-order valence-corrected chi connectivity index (χ2v) is 9.30. The van der Waals surface area contributed by atoms with E-state index >= 15 is 0 Å². The van der Waals surface area contributed by atoms with Crippen LogP contribution in [-0.4, -0.2) is 40.8 Å². The van der Waals surface area contributed by atoms with Crippen LogP contribution in [-0.2, 0) is 4.79 Å². The number of anilines is 2. The van der Waals surface area contributed by atoms with E-state index < -0.39 is 17.9 Å². The molecule has 0 saturated heterocycles. The number of hydrogen-bond donors (Lipinski definition) is 3. The number of nitrogens with one attached hydrogen (secondary N) is 1. The first-order valence-electron chi connectivity index (χ1n) is 11.7. The summed E-state index contributed by atoms with van der Waals surface area (Å²) in [6, 6.07) is 6.28. The van der Waals surface area contributed by atoms with Crippen LogP contribution in [0.5, 0.6) is 5.75 Å². The lowest BCUT2D eigenvalue weighted by Gasteiger charge is -2.31. The Morgan fingerprint density at radius 3 is 2.47 bits per heavy atom. The molecule has 1 aromatic heterocycles. The highest BCUT2D eigenvalue weighted by Crippen LogP contribution is 2.29. The van der Waals surface area contributed by atoms with Gasteiger partial charge in [0.2, 0.25) is 5.91 Å². The first kappa shape index (κ1) is 25.5. The van der Waals surface area contributed by atoms with Gasteiger partial charge in [-0.15, -0.1) is 0 Å². The van der Waals surface area contributed by atoms with Crippen LogP contribution in [0.4, 0.5) is 11.4 Å². The van der Waals surface area contributed by atoms with Crippen molar-refractivity contribution in [3.05, 3.63) is 34.8 Å². The summed E-state index contributed by atoms with van der Waals surface area (Å²) >= 11 is 0.794. The average molecular weight is 488 g/mol. The lowest BCUT2D eigenvalue weighted by molar-refractivity contribution is -0.122. The fourth-order valence-corrected chi connectivity index (χ4v) is 4.72. The van der Waals surface area contributed by atoms with E-state index in [9.17, 15) is 14.4 Å². The van der Waals surface area contributed by atoms with Gasteiger partial charge in [-0.25, -0.2) is 0 Å². The van der Waals surface area contributed by atoms with Crippen LogP contribution < -0.4 is 26.4 Å². The second-order valence-electron chi connectivity index (χ2n) is 8.53. The van der Waals surface area contributed by atoms with Crippen LogP contribution in [0, 0.1) is 0 Å². The van der Waals surface area contributed by atoms with Crippen molar-refractivity contribution in [1.29, 1.82) is 0 Å². The smallest absolute Gasteiger partial charge is 0.272 e. The van der Waals surface area contributed by atoms with Crippen LogP contribution in [0.1, 0.15) is 79.0 Å². The van der Waals surface area contributed by atoms with Gasteiger partial charge in [0, 0.05) is 11.7 Å². The Balaban J connectivity index is 1.88. The molecule has 10 heteroatoms. The number of nitrogens with two attached hydrogens (primary N) is 2. The molecule has 1 heterocycles. The molecular formula is C24H33N5O4S. The van der Waals surface area contributed by atoms with E-state index in [4.69, 9.17) is 16.2 Å². The molecule has 9 nitrogen and oxygen atoms in total. The lowest BCUT2D eigenvalue weighted by atomic mass is 9.95. The standard InChI is InChI=1S/C24H33N5O4S/c1-3-4-14-33-18-12-10-17(11-13-18)29(15(2)23(31)27-16-8-6-5-7-9-16)24(32)21-19(25)20(22(26)30)28-34-21/h10-13,15-16H,3-9,14,25H2,1-2H3,(H2,26,30)(H,27,31)/t15-/m1/s1. The van der Waals surface area contributed by atoms with Gasteiger partial charge in [-0.2, -0.15) is 4.37 Å². The number of nitrogen functional groups attached to an aromatic ring is 1. The number of ether oxygens (including phenoxy) is 1. The third kappa shape index (κ3) is 6.05. The van der Waals surface area contributed by atoms with Gasteiger partial charge in [0.15, 0.2) is 5.69 Å². The normalized spacial score (nSPS) is 14.9. The van der Waals surface area contributed by atoms with Crippen molar-refractivity contribution in [2.24, 2.45) is 5.73 Å². The molecule has 0 aliphatic heterocycles. The van der Waals surface area contributed by atoms with Gasteiger partial charge in [-0.3, -0.25) is 19.3 Å². The van der Waals surface area contributed by atoms with Gasteiger partial charge in [0.1, 0.15) is 16.7 Å². The first-order chi connectivity index (χ1) is 16.3.